The van der Waals surface area contributed by atoms with Gasteiger partial charge in [0.25, 0.3) is 0 Å². The Balaban J connectivity index is 2.42. The van der Waals surface area contributed by atoms with Crippen LogP contribution < -0.4 is 5.32 Å². The summed E-state index contributed by atoms with van der Waals surface area (Å²) in [5.41, 5.74) is 4.17. The minimum absolute atomic E-state index is 0.228. The van der Waals surface area contributed by atoms with Crippen molar-refractivity contribution in [2.45, 2.75) is 39.2 Å². The molecule has 1 N–H and O–H groups in total. The molecule has 1 aliphatic heterocycles. The Morgan fingerprint density at radius 2 is 1.93 bits per heavy atom. The van der Waals surface area contributed by atoms with Crippen molar-refractivity contribution in [1.29, 1.82) is 0 Å². The topological polar surface area (TPSA) is 12.0 Å². The second kappa shape index (κ2) is 3.41. The molecular formula is C14H19N. The predicted octanol–water partition coefficient (Wildman–Crippen LogP) is 3.81. The summed E-state index contributed by atoms with van der Waals surface area (Å²) in [6.07, 6.45) is 4.42. The summed E-state index contributed by atoms with van der Waals surface area (Å²) >= 11 is 0. The van der Waals surface area contributed by atoms with Gasteiger partial charge in [0.1, 0.15) is 0 Å². The van der Waals surface area contributed by atoms with Gasteiger partial charge in [-0.1, -0.05) is 39.0 Å². The molecular weight excluding hydrogens is 182 g/mol. The first-order valence-corrected chi connectivity index (χ1v) is 5.56. The summed E-state index contributed by atoms with van der Waals surface area (Å²) in [5, 5.41) is 3.45. The van der Waals surface area contributed by atoms with E-state index in [0.717, 1.165) is 0 Å². The lowest BCUT2D eigenvalue weighted by Gasteiger charge is -2.24. The first-order valence-electron chi connectivity index (χ1n) is 5.56. The summed E-state index contributed by atoms with van der Waals surface area (Å²) < 4.78 is 0. The second-order valence-electron chi connectivity index (χ2n) is 5.34. The molecule has 1 aromatic rings. The van der Waals surface area contributed by atoms with Crippen LogP contribution in [0.4, 0.5) is 5.69 Å². The zero-order chi connectivity index (χ0) is 11.1. The molecule has 80 valence electrons. The predicted molar refractivity (Wildman–Crippen MR) is 67.3 cm³/mol. The fourth-order valence-electron chi connectivity index (χ4n) is 1.84. The maximum absolute atomic E-state index is 3.45. The Hall–Kier alpha value is -1.24. The molecule has 1 unspecified atom stereocenters. The molecule has 0 spiro atoms. The number of benzene rings is 1. The van der Waals surface area contributed by atoms with Gasteiger partial charge in [-0.3, -0.25) is 0 Å². The average molecular weight is 201 g/mol. The molecule has 1 heterocycles. The summed E-state index contributed by atoms with van der Waals surface area (Å²) in [6, 6.07) is 7.14. The second-order valence-corrected chi connectivity index (χ2v) is 5.34. The van der Waals surface area contributed by atoms with Crippen molar-refractivity contribution >= 4 is 11.8 Å². The Kier molecular flexibility index (Phi) is 2.34. The lowest BCUT2D eigenvalue weighted by molar-refractivity contribution is 0.590. The molecule has 1 aliphatic rings. The fourth-order valence-corrected chi connectivity index (χ4v) is 1.84. The van der Waals surface area contributed by atoms with Gasteiger partial charge in [-0.25, -0.2) is 0 Å². The third kappa shape index (κ3) is 2.06. The smallest absolute Gasteiger partial charge is 0.0419 e. The van der Waals surface area contributed by atoms with Crippen molar-refractivity contribution in [2.75, 3.05) is 5.32 Å². The van der Waals surface area contributed by atoms with Gasteiger partial charge in [-0.2, -0.15) is 0 Å². The fraction of sp³-hybridized carbons (Fsp3) is 0.429. The highest BCUT2D eigenvalue weighted by Crippen LogP contribution is 2.29. The first kappa shape index (κ1) is 10.3. The molecule has 1 aromatic carbocycles. The van der Waals surface area contributed by atoms with E-state index in [-0.39, 0.29) is 5.41 Å². The van der Waals surface area contributed by atoms with Crippen LogP contribution in [0, 0.1) is 0 Å². The van der Waals surface area contributed by atoms with Crippen LogP contribution >= 0.6 is 0 Å². The average Bonchev–Trinajstić information content (AvgIpc) is 2.15. The molecule has 0 aromatic heterocycles. The zero-order valence-electron chi connectivity index (χ0n) is 9.96. The molecule has 0 bridgehead atoms. The standard InChI is InChI=1S/C14H19N/c1-10-5-6-11-9-12(14(2,3)4)7-8-13(11)15-10/h5-10,15H,1-4H3. The normalized spacial score (nSPS) is 19.6. The van der Waals surface area contributed by atoms with E-state index in [2.05, 4.69) is 63.4 Å². The van der Waals surface area contributed by atoms with Crippen molar-refractivity contribution in [2.24, 2.45) is 0 Å². The highest BCUT2D eigenvalue weighted by Gasteiger charge is 2.16. The molecule has 0 amide bonds. The highest BCUT2D eigenvalue weighted by molar-refractivity contribution is 5.71. The van der Waals surface area contributed by atoms with Crippen molar-refractivity contribution in [3.63, 3.8) is 0 Å². The first-order chi connectivity index (χ1) is 6.97. The molecule has 0 aliphatic carbocycles. The lowest BCUT2D eigenvalue weighted by atomic mass is 9.85. The van der Waals surface area contributed by atoms with E-state index in [4.69, 9.17) is 0 Å². The lowest BCUT2D eigenvalue weighted by Crippen LogP contribution is -2.17. The van der Waals surface area contributed by atoms with Crippen LogP contribution in [0.5, 0.6) is 0 Å². The van der Waals surface area contributed by atoms with Gasteiger partial charge < -0.3 is 5.32 Å². The van der Waals surface area contributed by atoms with Gasteiger partial charge in [0.15, 0.2) is 0 Å². The third-order valence-electron chi connectivity index (χ3n) is 2.87. The summed E-state index contributed by atoms with van der Waals surface area (Å²) in [7, 11) is 0. The van der Waals surface area contributed by atoms with Crippen LogP contribution in [0.25, 0.3) is 6.08 Å². The maximum Gasteiger partial charge on any atom is 0.0419 e. The van der Waals surface area contributed by atoms with E-state index < -0.39 is 0 Å². The minimum Gasteiger partial charge on any atom is -0.379 e. The van der Waals surface area contributed by atoms with Crippen molar-refractivity contribution in [3.05, 3.63) is 35.4 Å². The summed E-state index contributed by atoms with van der Waals surface area (Å²) in [5.74, 6) is 0. The minimum atomic E-state index is 0.228. The molecule has 0 fully saturated rings. The largest absolute Gasteiger partial charge is 0.379 e. The Morgan fingerprint density at radius 1 is 1.20 bits per heavy atom. The number of anilines is 1. The van der Waals surface area contributed by atoms with E-state index in [1.54, 1.807) is 0 Å². The molecule has 0 saturated carbocycles. The van der Waals surface area contributed by atoms with Crippen molar-refractivity contribution < 1.29 is 0 Å². The molecule has 0 saturated heterocycles. The van der Waals surface area contributed by atoms with E-state index in [9.17, 15) is 0 Å². The van der Waals surface area contributed by atoms with Crippen LogP contribution in [0.3, 0.4) is 0 Å². The number of hydrogen-bond acceptors (Lipinski definition) is 1. The number of nitrogens with one attached hydrogen (secondary N) is 1. The Morgan fingerprint density at radius 3 is 2.60 bits per heavy atom. The molecule has 1 heteroatoms. The van der Waals surface area contributed by atoms with Gasteiger partial charge in [0, 0.05) is 11.7 Å². The van der Waals surface area contributed by atoms with Gasteiger partial charge in [0.05, 0.1) is 0 Å². The molecule has 1 atom stereocenters. The summed E-state index contributed by atoms with van der Waals surface area (Å²) in [6.45, 7) is 8.91. The number of rotatable bonds is 0. The summed E-state index contributed by atoms with van der Waals surface area (Å²) in [4.78, 5) is 0. The van der Waals surface area contributed by atoms with Crippen LogP contribution in [-0.2, 0) is 5.41 Å². The van der Waals surface area contributed by atoms with Gasteiger partial charge >= 0.3 is 0 Å². The third-order valence-corrected chi connectivity index (χ3v) is 2.87. The van der Waals surface area contributed by atoms with Gasteiger partial charge in [-0.05, 0) is 35.6 Å². The number of fused-ring (bicyclic) bond motifs is 1. The van der Waals surface area contributed by atoms with Crippen molar-refractivity contribution in [1.82, 2.24) is 0 Å². The zero-order valence-corrected chi connectivity index (χ0v) is 9.96. The van der Waals surface area contributed by atoms with Gasteiger partial charge in [-0.15, -0.1) is 0 Å². The van der Waals surface area contributed by atoms with Crippen LogP contribution in [0.2, 0.25) is 0 Å². The Bertz CT molecular complexity index is 396. The Labute approximate surface area is 92.2 Å². The molecule has 2 rings (SSSR count). The van der Waals surface area contributed by atoms with Crippen LogP contribution in [0.1, 0.15) is 38.8 Å². The van der Waals surface area contributed by atoms with E-state index >= 15 is 0 Å². The SMILES string of the molecule is CC1C=Cc2cc(C(C)(C)C)ccc2N1. The van der Waals surface area contributed by atoms with Crippen LogP contribution in [0.15, 0.2) is 24.3 Å². The van der Waals surface area contributed by atoms with E-state index in [1.807, 2.05) is 0 Å². The maximum atomic E-state index is 3.45. The van der Waals surface area contributed by atoms with Crippen LogP contribution in [-0.4, -0.2) is 6.04 Å². The van der Waals surface area contributed by atoms with E-state index in [0.29, 0.717) is 6.04 Å². The van der Waals surface area contributed by atoms with Gasteiger partial charge in [0.2, 0.25) is 0 Å². The monoisotopic (exact) mass is 201 g/mol. The van der Waals surface area contributed by atoms with Crippen molar-refractivity contribution in [3.8, 4) is 0 Å². The van der Waals surface area contributed by atoms with E-state index in [1.165, 1.54) is 16.8 Å². The number of hydrogen-bond donors (Lipinski definition) is 1. The quantitative estimate of drug-likeness (QED) is 0.673. The molecule has 15 heavy (non-hydrogen) atoms. The molecule has 1 nitrogen and oxygen atoms in total. The molecule has 0 radical (unpaired) electrons. The highest BCUT2D eigenvalue weighted by atomic mass is 14.9.